The number of aryl methyl sites for hydroxylation is 1. The number of anilines is 1. The van der Waals surface area contributed by atoms with Gasteiger partial charge in [0.15, 0.2) is 12.4 Å². The number of ether oxygens (including phenoxy) is 1. The molecule has 0 N–H and O–H groups in total. The third-order valence-electron chi connectivity index (χ3n) is 5.66. The summed E-state index contributed by atoms with van der Waals surface area (Å²) in [4.78, 5) is 44.8. The van der Waals surface area contributed by atoms with Crippen LogP contribution in [-0.2, 0) is 9.53 Å². The van der Waals surface area contributed by atoms with E-state index in [2.05, 4.69) is 4.98 Å². The third kappa shape index (κ3) is 5.14. The maximum atomic E-state index is 14.4. The van der Waals surface area contributed by atoms with Gasteiger partial charge in [-0.05, 0) is 32.0 Å². The monoisotopic (exact) mass is 481 g/mol. The number of piperazine rings is 1. The molecule has 0 radical (unpaired) electrons. The minimum Gasteiger partial charge on any atom is -0.451 e. The SMILES string of the molecule is CC(=O)c1ccc(N2CCN(C(=O)COC(=O)c3sc(-c4ccccc4)nc3C)CC2)c(F)c1. The minimum atomic E-state index is -0.572. The maximum absolute atomic E-state index is 14.4. The Kier molecular flexibility index (Phi) is 7.02. The van der Waals surface area contributed by atoms with E-state index >= 15 is 0 Å². The van der Waals surface area contributed by atoms with Crippen molar-refractivity contribution in [1.82, 2.24) is 9.88 Å². The summed E-state index contributed by atoms with van der Waals surface area (Å²) >= 11 is 1.24. The lowest BCUT2D eigenvalue weighted by molar-refractivity contribution is -0.134. The lowest BCUT2D eigenvalue weighted by atomic mass is 10.1. The molecule has 0 spiro atoms. The zero-order valence-electron chi connectivity index (χ0n) is 18.9. The lowest BCUT2D eigenvalue weighted by Crippen LogP contribution is -2.50. The van der Waals surface area contributed by atoms with Gasteiger partial charge in [0.25, 0.3) is 5.91 Å². The van der Waals surface area contributed by atoms with Gasteiger partial charge in [0, 0.05) is 37.3 Å². The second-order valence-electron chi connectivity index (χ2n) is 7.97. The summed E-state index contributed by atoms with van der Waals surface area (Å²) < 4.78 is 19.7. The van der Waals surface area contributed by atoms with Crippen LogP contribution in [0.15, 0.2) is 48.5 Å². The van der Waals surface area contributed by atoms with Crippen LogP contribution >= 0.6 is 11.3 Å². The molecule has 34 heavy (non-hydrogen) atoms. The van der Waals surface area contributed by atoms with E-state index in [-0.39, 0.29) is 18.3 Å². The first-order valence-corrected chi connectivity index (χ1v) is 11.7. The number of esters is 1. The van der Waals surface area contributed by atoms with Crippen LogP contribution in [0.4, 0.5) is 10.1 Å². The molecule has 1 aliphatic rings. The van der Waals surface area contributed by atoms with Gasteiger partial charge in [-0.1, -0.05) is 30.3 Å². The number of thiazole rings is 1. The molecule has 176 valence electrons. The fraction of sp³-hybridized carbons (Fsp3) is 0.280. The van der Waals surface area contributed by atoms with Gasteiger partial charge < -0.3 is 14.5 Å². The zero-order chi connectivity index (χ0) is 24.2. The van der Waals surface area contributed by atoms with Gasteiger partial charge in [0.05, 0.1) is 11.4 Å². The van der Waals surface area contributed by atoms with Crippen LogP contribution < -0.4 is 4.90 Å². The number of Topliss-reactive ketones (excluding diaryl/α,β-unsaturated/α-hetero) is 1. The predicted molar refractivity (Wildman–Crippen MR) is 128 cm³/mol. The molecule has 4 rings (SSSR count). The Morgan fingerprint density at radius 1 is 1.06 bits per heavy atom. The first-order valence-electron chi connectivity index (χ1n) is 10.9. The van der Waals surface area contributed by atoms with Crippen LogP contribution in [0.1, 0.15) is 32.6 Å². The first kappa shape index (κ1) is 23.6. The van der Waals surface area contributed by atoms with Crippen molar-refractivity contribution in [3.63, 3.8) is 0 Å². The molecule has 2 heterocycles. The summed E-state index contributed by atoms with van der Waals surface area (Å²) in [7, 11) is 0. The van der Waals surface area contributed by atoms with Crippen LogP contribution in [0.5, 0.6) is 0 Å². The predicted octanol–water partition coefficient (Wildman–Crippen LogP) is 3.97. The Morgan fingerprint density at radius 3 is 2.41 bits per heavy atom. The normalized spacial score (nSPS) is 13.6. The molecule has 0 atom stereocenters. The van der Waals surface area contributed by atoms with E-state index in [1.807, 2.05) is 35.2 Å². The van der Waals surface area contributed by atoms with Crippen molar-refractivity contribution in [2.45, 2.75) is 13.8 Å². The second-order valence-corrected chi connectivity index (χ2v) is 8.96. The number of aromatic nitrogens is 1. The highest BCUT2D eigenvalue weighted by atomic mass is 32.1. The summed E-state index contributed by atoms with van der Waals surface area (Å²) in [6.45, 7) is 4.39. The van der Waals surface area contributed by atoms with Crippen molar-refractivity contribution in [3.05, 3.63) is 70.5 Å². The molecular weight excluding hydrogens is 457 g/mol. The quantitative estimate of drug-likeness (QED) is 0.392. The number of ketones is 1. The van der Waals surface area contributed by atoms with Crippen LogP contribution in [0, 0.1) is 12.7 Å². The number of hydrogen-bond donors (Lipinski definition) is 0. The molecule has 1 aromatic heterocycles. The molecule has 1 amide bonds. The van der Waals surface area contributed by atoms with E-state index in [1.54, 1.807) is 24.0 Å². The number of amides is 1. The number of carbonyl (C=O) groups excluding carboxylic acids is 3. The molecule has 1 saturated heterocycles. The summed E-state index contributed by atoms with van der Waals surface area (Å²) in [6.07, 6.45) is 0. The van der Waals surface area contributed by atoms with Gasteiger partial charge in [0.1, 0.15) is 15.7 Å². The van der Waals surface area contributed by atoms with E-state index < -0.39 is 11.8 Å². The van der Waals surface area contributed by atoms with Crippen LogP contribution in [0.25, 0.3) is 10.6 Å². The third-order valence-corrected chi connectivity index (χ3v) is 6.84. The maximum Gasteiger partial charge on any atom is 0.350 e. The van der Waals surface area contributed by atoms with Crippen LogP contribution in [0.2, 0.25) is 0 Å². The summed E-state index contributed by atoms with van der Waals surface area (Å²) in [5.74, 6) is -1.53. The number of benzene rings is 2. The second kappa shape index (κ2) is 10.1. The van der Waals surface area contributed by atoms with Gasteiger partial charge in [-0.25, -0.2) is 14.2 Å². The van der Waals surface area contributed by atoms with Gasteiger partial charge in [-0.3, -0.25) is 9.59 Å². The summed E-state index contributed by atoms with van der Waals surface area (Å²) in [6, 6.07) is 14.0. The van der Waals surface area contributed by atoms with Crippen molar-refractivity contribution in [2.24, 2.45) is 0 Å². The molecule has 0 bridgehead atoms. The molecule has 0 saturated carbocycles. The van der Waals surface area contributed by atoms with E-state index in [9.17, 15) is 18.8 Å². The number of hydrogen-bond acceptors (Lipinski definition) is 7. The molecule has 1 aliphatic heterocycles. The van der Waals surface area contributed by atoms with Crippen molar-refractivity contribution in [2.75, 3.05) is 37.7 Å². The summed E-state index contributed by atoms with van der Waals surface area (Å²) in [5.41, 5.74) is 2.20. The molecule has 7 nitrogen and oxygen atoms in total. The van der Waals surface area contributed by atoms with Crippen LogP contribution in [-0.4, -0.2) is 60.3 Å². The largest absolute Gasteiger partial charge is 0.451 e. The lowest BCUT2D eigenvalue weighted by Gasteiger charge is -2.36. The Hall–Kier alpha value is -3.59. The highest BCUT2D eigenvalue weighted by Gasteiger charge is 2.25. The molecule has 1 fully saturated rings. The number of halogens is 1. The van der Waals surface area contributed by atoms with Gasteiger partial charge >= 0.3 is 5.97 Å². The molecule has 2 aromatic carbocycles. The Bertz CT molecular complexity index is 1220. The summed E-state index contributed by atoms with van der Waals surface area (Å²) in [5, 5.41) is 0.719. The van der Waals surface area contributed by atoms with Crippen molar-refractivity contribution >= 4 is 34.7 Å². The van der Waals surface area contributed by atoms with Crippen molar-refractivity contribution < 1.29 is 23.5 Å². The van der Waals surface area contributed by atoms with Crippen molar-refractivity contribution in [1.29, 1.82) is 0 Å². The fourth-order valence-electron chi connectivity index (χ4n) is 3.75. The minimum absolute atomic E-state index is 0.194. The number of rotatable bonds is 6. The molecule has 9 heteroatoms. The Morgan fingerprint density at radius 2 is 1.76 bits per heavy atom. The fourth-order valence-corrected chi connectivity index (χ4v) is 4.72. The Balaban J connectivity index is 1.31. The topological polar surface area (TPSA) is 79.8 Å². The Labute approximate surface area is 200 Å². The standard InChI is InChI=1S/C25H24FN3O4S/c1-16-23(34-24(27-16)18-6-4-3-5-7-18)25(32)33-15-22(31)29-12-10-28(11-13-29)21-9-8-19(17(2)30)14-20(21)26/h3-9,14H,10-13,15H2,1-2H3. The number of nitrogens with zero attached hydrogens (tertiary/aromatic N) is 3. The van der Waals surface area contributed by atoms with E-state index in [0.717, 1.165) is 10.6 Å². The zero-order valence-corrected chi connectivity index (χ0v) is 19.7. The van der Waals surface area contributed by atoms with Crippen molar-refractivity contribution in [3.8, 4) is 10.6 Å². The molecular formula is C25H24FN3O4S. The molecule has 0 aliphatic carbocycles. The number of carbonyl (C=O) groups is 3. The smallest absolute Gasteiger partial charge is 0.350 e. The molecule has 0 unspecified atom stereocenters. The first-order chi connectivity index (χ1) is 16.3. The van der Waals surface area contributed by atoms with E-state index in [1.165, 1.54) is 24.3 Å². The average Bonchev–Trinajstić information content (AvgIpc) is 3.24. The average molecular weight is 482 g/mol. The van der Waals surface area contributed by atoms with Crippen LogP contribution in [0.3, 0.4) is 0 Å². The highest BCUT2D eigenvalue weighted by molar-refractivity contribution is 7.17. The van der Waals surface area contributed by atoms with Gasteiger partial charge in [-0.15, -0.1) is 11.3 Å². The highest BCUT2D eigenvalue weighted by Crippen LogP contribution is 2.28. The molecule has 3 aromatic rings. The van der Waals surface area contributed by atoms with E-state index in [0.29, 0.717) is 48.0 Å². The van der Waals surface area contributed by atoms with Gasteiger partial charge in [0.2, 0.25) is 0 Å². The van der Waals surface area contributed by atoms with Gasteiger partial charge in [-0.2, -0.15) is 0 Å². The van der Waals surface area contributed by atoms with E-state index in [4.69, 9.17) is 4.74 Å².